The lowest BCUT2D eigenvalue weighted by Gasteiger charge is -1.99. The molecule has 0 N–H and O–H groups in total. The minimum Gasteiger partial charge on any atom is -0.463 e. The lowest BCUT2D eigenvalue weighted by atomic mass is 10.4. The molecule has 0 heterocycles. The standard InChI is InChI=1S/C10H12O6.C9H10O6/c1-4-14-8(11)5-6-9(12)15-16-10(13)7(2)3;1-3-7(10)14-15-9(12)6-5-8(11)13-4-2/h5-6H,2,4H2,1,3H3;3,5-6H,1,4H2,2H3/b2*6-5-. The van der Waals surface area contributed by atoms with Crippen molar-refractivity contribution >= 4 is 35.8 Å². The highest BCUT2D eigenvalue weighted by Crippen LogP contribution is 1.94. The Balaban J connectivity index is 0. The molecule has 0 aromatic carbocycles. The molecule has 0 saturated carbocycles. The van der Waals surface area contributed by atoms with Crippen LogP contribution in [0.2, 0.25) is 0 Å². The van der Waals surface area contributed by atoms with Gasteiger partial charge in [-0.1, -0.05) is 13.2 Å². The van der Waals surface area contributed by atoms with Crippen LogP contribution in [0, 0.1) is 0 Å². The van der Waals surface area contributed by atoms with E-state index in [1.807, 2.05) is 0 Å². The second-order valence-electron chi connectivity index (χ2n) is 4.73. The highest BCUT2D eigenvalue weighted by Gasteiger charge is 2.08. The van der Waals surface area contributed by atoms with Crippen LogP contribution in [0.5, 0.6) is 0 Å². The first-order valence-corrected chi connectivity index (χ1v) is 8.40. The first-order chi connectivity index (χ1) is 14.6. The fourth-order valence-corrected chi connectivity index (χ4v) is 0.975. The van der Waals surface area contributed by atoms with Gasteiger partial charge >= 0.3 is 35.8 Å². The molecule has 0 aliphatic heterocycles. The van der Waals surface area contributed by atoms with Crippen molar-refractivity contribution in [1.82, 2.24) is 0 Å². The molecule has 0 spiro atoms. The van der Waals surface area contributed by atoms with E-state index in [9.17, 15) is 28.8 Å². The van der Waals surface area contributed by atoms with Crippen molar-refractivity contribution in [3.63, 3.8) is 0 Å². The number of esters is 2. The van der Waals surface area contributed by atoms with Crippen LogP contribution >= 0.6 is 0 Å². The van der Waals surface area contributed by atoms with Gasteiger partial charge in [0.25, 0.3) is 0 Å². The van der Waals surface area contributed by atoms with Gasteiger partial charge in [0, 0.05) is 36.0 Å². The predicted octanol–water partition coefficient (Wildman–Crippen LogP) is 0.976. The topological polar surface area (TPSA) is 158 Å². The Morgan fingerprint density at radius 3 is 1.35 bits per heavy atom. The Kier molecular flexibility index (Phi) is 16.7. The second-order valence-corrected chi connectivity index (χ2v) is 4.73. The minimum atomic E-state index is -1.00. The third kappa shape index (κ3) is 18.9. The van der Waals surface area contributed by atoms with Crippen LogP contribution < -0.4 is 0 Å². The summed E-state index contributed by atoms with van der Waals surface area (Å²) in [6.07, 6.45) is 4.09. The fraction of sp³-hybridized carbons (Fsp3) is 0.263. The van der Waals surface area contributed by atoms with Gasteiger partial charge in [0.15, 0.2) is 0 Å². The monoisotopic (exact) mass is 442 g/mol. The maximum absolute atomic E-state index is 10.9. The van der Waals surface area contributed by atoms with E-state index >= 15 is 0 Å². The zero-order valence-electron chi connectivity index (χ0n) is 17.1. The Morgan fingerprint density at radius 2 is 1.00 bits per heavy atom. The molecule has 0 radical (unpaired) electrons. The maximum Gasteiger partial charge on any atom is 0.381 e. The summed E-state index contributed by atoms with van der Waals surface area (Å²) in [5.74, 6) is -5.15. The van der Waals surface area contributed by atoms with Crippen LogP contribution in [-0.4, -0.2) is 49.0 Å². The summed E-state index contributed by atoms with van der Waals surface area (Å²) in [4.78, 5) is 80.3. The Bertz CT molecular complexity index is 745. The highest BCUT2D eigenvalue weighted by atomic mass is 17.2. The van der Waals surface area contributed by atoms with Gasteiger partial charge in [-0.05, 0) is 20.8 Å². The molecule has 0 aliphatic rings. The summed E-state index contributed by atoms with van der Waals surface area (Å²) in [6, 6.07) is 0. The second kappa shape index (κ2) is 17.8. The summed E-state index contributed by atoms with van der Waals surface area (Å²) < 4.78 is 8.98. The Morgan fingerprint density at radius 1 is 0.645 bits per heavy atom. The van der Waals surface area contributed by atoms with Crippen LogP contribution in [0.15, 0.2) is 49.1 Å². The highest BCUT2D eigenvalue weighted by molar-refractivity contribution is 5.93. The van der Waals surface area contributed by atoms with Crippen LogP contribution in [-0.2, 0) is 57.8 Å². The molecule has 31 heavy (non-hydrogen) atoms. The largest absolute Gasteiger partial charge is 0.463 e. The van der Waals surface area contributed by atoms with E-state index in [1.165, 1.54) is 6.92 Å². The lowest BCUT2D eigenvalue weighted by Crippen LogP contribution is -2.10. The van der Waals surface area contributed by atoms with E-state index in [0.29, 0.717) is 0 Å². The van der Waals surface area contributed by atoms with Gasteiger partial charge in [0.1, 0.15) is 0 Å². The summed E-state index contributed by atoms with van der Waals surface area (Å²) in [5.41, 5.74) is 0.0853. The van der Waals surface area contributed by atoms with Gasteiger partial charge in [-0.3, -0.25) is 0 Å². The zero-order chi connectivity index (χ0) is 24.2. The Hall–Kier alpha value is -4.22. The molecule has 12 heteroatoms. The van der Waals surface area contributed by atoms with E-state index in [4.69, 9.17) is 0 Å². The molecule has 0 rings (SSSR count). The molecule has 0 atom stereocenters. The quantitative estimate of drug-likeness (QED) is 0.227. The Labute approximate surface area is 177 Å². The van der Waals surface area contributed by atoms with Crippen molar-refractivity contribution < 1.29 is 57.8 Å². The number of ether oxygens (including phenoxy) is 2. The van der Waals surface area contributed by atoms with Gasteiger partial charge < -0.3 is 9.47 Å². The molecule has 0 saturated heterocycles. The fourth-order valence-electron chi connectivity index (χ4n) is 0.975. The lowest BCUT2D eigenvalue weighted by molar-refractivity contribution is -0.251. The van der Waals surface area contributed by atoms with Gasteiger partial charge in [-0.15, -0.1) is 0 Å². The van der Waals surface area contributed by atoms with Crippen molar-refractivity contribution in [3.8, 4) is 0 Å². The summed E-state index contributed by atoms with van der Waals surface area (Å²) in [5, 5.41) is 0. The number of rotatable bonds is 8. The molecule has 0 fully saturated rings. The summed E-state index contributed by atoms with van der Waals surface area (Å²) >= 11 is 0. The van der Waals surface area contributed by atoms with Crippen molar-refractivity contribution in [2.24, 2.45) is 0 Å². The molecule has 0 aliphatic carbocycles. The molecule has 0 amide bonds. The van der Waals surface area contributed by atoms with Crippen molar-refractivity contribution in [1.29, 1.82) is 0 Å². The normalized spacial score (nSPS) is 9.52. The van der Waals surface area contributed by atoms with E-state index in [2.05, 4.69) is 42.2 Å². The minimum absolute atomic E-state index is 0.0853. The molecule has 0 aromatic rings. The van der Waals surface area contributed by atoms with Gasteiger partial charge in [-0.25, -0.2) is 48.3 Å². The third-order valence-corrected chi connectivity index (χ3v) is 2.20. The number of carbonyl (C=O) groups is 6. The summed E-state index contributed by atoms with van der Waals surface area (Å²) in [7, 11) is 0. The molecular formula is C19H22O12. The molecule has 0 aromatic heterocycles. The first-order valence-electron chi connectivity index (χ1n) is 8.40. The van der Waals surface area contributed by atoms with E-state index in [0.717, 1.165) is 30.4 Å². The number of hydrogen-bond donors (Lipinski definition) is 0. The molecule has 0 unspecified atom stereocenters. The van der Waals surface area contributed by atoms with Crippen LogP contribution in [0.3, 0.4) is 0 Å². The van der Waals surface area contributed by atoms with Crippen molar-refractivity contribution in [3.05, 3.63) is 49.1 Å². The molecule has 170 valence electrons. The molecule has 12 nitrogen and oxygen atoms in total. The first kappa shape index (κ1) is 29.0. The van der Waals surface area contributed by atoms with E-state index < -0.39 is 35.8 Å². The third-order valence-electron chi connectivity index (χ3n) is 2.20. The van der Waals surface area contributed by atoms with Crippen LogP contribution in [0.4, 0.5) is 0 Å². The van der Waals surface area contributed by atoms with E-state index in [-0.39, 0.29) is 18.8 Å². The smallest absolute Gasteiger partial charge is 0.381 e. The van der Waals surface area contributed by atoms with Crippen LogP contribution in [0.25, 0.3) is 0 Å². The number of carbonyl (C=O) groups excluding carboxylic acids is 6. The van der Waals surface area contributed by atoms with Crippen molar-refractivity contribution in [2.45, 2.75) is 20.8 Å². The predicted molar refractivity (Wildman–Crippen MR) is 101 cm³/mol. The SMILES string of the molecule is C=C(C)C(=O)OOC(=O)/C=C\C(=O)OCC.C=CC(=O)OOC(=O)/C=C\C(=O)OCC. The van der Waals surface area contributed by atoms with Gasteiger partial charge in [0.2, 0.25) is 0 Å². The van der Waals surface area contributed by atoms with Gasteiger partial charge in [0.05, 0.1) is 13.2 Å². The van der Waals surface area contributed by atoms with E-state index in [1.54, 1.807) is 13.8 Å². The zero-order valence-corrected chi connectivity index (χ0v) is 17.1. The molecule has 0 bridgehead atoms. The van der Waals surface area contributed by atoms with Crippen LogP contribution in [0.1, 0.15) is 20.8 Å². The average Bonchev–Trinajstić information content (AvgIpc) is 2.73. The van der Waals surface area contributed by atoms with Crippen molar-refractivity contribution in [2.75, 3.05) is 13.2 Å². The number of hydrogen-bond acceptors (Lipinski definition) is 12. The molecular weight excluding hydrogens is 420 g/mol. The summed E-state index contributed by atoms with van der Waals surface area (Å²) in [6.45, 7) is 11.4. The average molecular weight is 442 g/mol. The van der Waals surface area contributed by atoms with Gasteiger partial charge in [-0.2, -0.15) is 0 Å². The maximum atomic E-state index is 10.9.